The Morgan fingerprint density at radius 1 is 1.21 bits per heavy atom. The van der Waals surface area contributed by atoms with Crippen molar-refractivity contribution in [3.05, 3.63) is 0 Å². The van der Waals surface area contributed by atoms with E-state index in [0.29, 0.717) is 12.3 Å². The molecule has 1 aliphatic carbocycles. The van der Waals surface area contributed by atoms with Crippen LogP contribution in [-0.4, -0.2) is 59.1 Å². The predicted molar refractivity (Wildman–Crippen MR) is 71.7 cm³/mol. The Kier molecular flexibility index (Phi) is 7.25. The standard InChI is InChI=1S/C14H28O5/c1-11(18)9-19-13(8-16)6-14(10-17)4-2-12(7-15)3-5-14/h11-13,15-18H,2-10H2,1H3. The minimum atomic E-state index is -0.552. The zero-order valence-electron chi connectivity index (χ0n) is 11.8. The molecule has 0 aromatic heterocycles. The maximum atomic E-state index is 9.67. The lowest BCUT2D eigenvalue weighted by molar-refractivity contribution is -0.0670. The van der Waals surface area contributed by atoms with Crippen LogP contribution in [0.2, 0.25) is 0 Å². The van der Waals surface area contributed by atoms with E-state index in [0.717, 1.165) is 25.7 Å². The molecule has 4 N–H and O–H groups in total. The first-order chi connectivity index (χ1) is 9.05. The number of hydrogen-bond acceptors (Lipinski definition) is 5. The molecule has 19 heavy (non-hydrogen) atoms. The quantitative estimate of drug-likeness (QED) is 0.512. The molecule has 0 aromatic carbocycles. The van der Waals surface area contributed by atoms with Crippen molar-refractivity contribution in [3.8, 4) is 0 Å². The summed E-state index contributed by atoms with van der Waals surface area (Å²) in [6.07, 6.45) is 3.23. The van der Waals surface area contributed by atoms with Crippen LogP contribution in [-0.2, 0) is 4.74 Å². The van der Waals surface area contributed by atoms with Crippen LogP contribution in [0.4, 0.5) is 0 Å². The fourth-order valence-corrected chi connectivity index (χ4v) is 2.83. The average molecular weight is 276 g/mol. The van der Waals surface area contributed by atoms with Crippen molar-refractivity contribution in [2.45, 2.75) is 51.2 Å². The highest BCUT2D eigenvalue weighted by Gasteiger charge is 2.36. The highest BCUT2D eigenvalue weighted by Crippen LogP contribution is 2.42. The third kappa shape index (κ3) is 5.36. The van der Waals surface area contributed by atoms with Crippen molar-refractivity contribution < 1.29 is 25.2 Å². The van der Waals surface area contributed by atoms with E-state index in [1.54, 1.807) is 6.92 Å². The van der Waals surface area contributed by atoms with Crippen molar-refractivity contribution in [3.63, 3.8) is 0 Å². The van der Waals surface area contributed by atoms with Gasteiger partial charge in [0.05, 0.1) is 25.4 Å². The molecule has 114 valence electrons. The van der Waals surface area contributed by atoms with E-state index in [4.69, 9.17) is 9.84 Å². The van der Waals surface area contributed by atoms with Gasteiger partial charge in [0.2, 0.25) is 0 Å². The molecule has 0 radical (unpaired) electrons. The zero-order chi connectivity index (χ0) is 14.3. The summed E-state index contributed by atoms with van der Waals surface area (Å²) >= 11 is 0. The third-order valence-corrected chi connectivity index (χ3v) is 4.20. The van der Waals surface area contributed by atoms with Gasteiger partial charge in [0.15, 0.2) is 0 Å². The Balaban J connectivity index is 2.49. The Labute approximate surface area is 115 Å². The molecule has 0 aliphatic heterocycles. The second kappa shape index (κ2) is 8.17. The fourth-order valence-electron chi connectivity index (χ4n) is 2.83. The molecule has 1 rings (SSSR count). The molecule has 0 amide bonds. The molecule has 1 saturated carbocycles. The Hall–Kier alpha value is -0.200. The van der Waals surface area contributed by atoms with E-state index >= 15 is 0 Å². The van der Waals surface area contributed by atoms with Crippen molar-refractivity contribution in [2.24, 2.45) is 11.3 Å². The monoisotopic (exact) mass is 276 g/mol. The first-order valence-electron chi connectivity index (χ1n) is 7.17. The lowest BCUT2D eigenvalue weighted by Crippen LogP contribution is -2.38. The molecule has 1 fully saturated rings. The molecular weight excluding hydrogens is 248 g/mol. The smallest absolute Gasteiger partial charge is 0.0813 e. The fraction of sp³-hybridized carbons (Fsp3) is 1.00. The Morgan fingerprint density at radius 3 is 2.26 bits per heavy atom. The van der Waals surface area contributed by atoms with Gasteiger partial charge in [0, 0.05) is 13.2 Å². The molecule has 5 heteroatoms. The zero-order valence-corrected chi connectivity index (χ0v) is 11.8. The second-order valence-corrected chi connectivity index (χ2v) is 5.98. The summed E-state index contributed by atoms with van der Waals surface area (Å²) in [5, 5.41) is 37.4. The summed E-state index contributed by atoms with van der Waals surface area (Å²) < 4.78 is 5.47. The first kappa shape index (κ1) is 16.9. The van der Waals surface area contributed by atoms with Crippen LogP contribution in [0.25, 0.3) is 0 Å². The van der Waals surface area contributed by atoms with E-state index < -0.39 is 6.10 Å². The lowest BCUT2D eigenvalue weighted by atomic mass is 9.68. The summed E-state index contributed by atoms with van der Waals surface area (Å²) in [6.45, 7) is 2.04. The summed E-state index contributed by atoms with van der Waals surface area (Å²) in [7, 11) is 0. The molecule has 0 spiro atoms. The molecule has 0 saturated heterocycles. The maximum Gasteiger partial charge on any atom is 0.0813 e. The summed E-state index contributed by atoms with van der Waals surface area (Å²) in [5.74, 6) is 0.339. The third-order valence-electron chi connectivity index (χ3n) is 4.20. The molecule has 1 aliphatic rings. The van der Waals surface area contributed by atoms with Crippen LogP contribution in [0.5, 0.6) is 0 Å². The van der Waals surface area contributed by atoms with Crippen LogP contribution in [0, 0.1) is 11.3 Å². The van der Waals surface area contributed by atoms with Crippen LogP contribution >= 0.6 is 0 Å². The molecule has 0 heterocycles. The first-order valence-corrected chi connectivity index (χ1v) is 7.17. The number of rotatable bonds is 8. The van der Waals surface area contributed by atoms with E-state index in [1.165, 1.54) is 0 Å². The van der Waals surface area contributed by atoms with Crippen LogP contribution in [0.1, 0.15) is 39.0 Å². The van der Waals surface area contributed by atoms with Gasteiger partial charge in [-0.25, -0.2) is 0 Å². The summed E-state index contributed by atoms with van der Waals surface area (Å²) in [5.41, 5.74) is -0.211. The van der Waals surface area contributed by atoms with E-state index in [2.05, 4.69) is 0 Å². The van der Waals surface area contributed by atoms with Gasteiger partial charge in [-0.3, -0.25) is 0 Å². The van der Waals surface area contributed by atoms with E-state index in [-0.39, 0.29) is 37.9 Å². The molecule has 5 nitrogen and oxygen atoms in total. The van der Waals surface area contributed by atoms with Crippen LogP contribution < -0.4 is 0 Å². The van der Waals surface area contributed by atoms with Gasteiger partial charge in [0.25, 0.3) is 0 Å². The number of ether oxygens (including phenoxy) is 1. The molecule has 0 bridgehead atoms. The van der Waals surface area contributed by atoms with Gasteiger partial charge < -0.3 is 25.2 Å². The minimum absolute atomic E-state index is 0.0830. The van der Waals surface area contributed by atoms with Crippen LogP contribution in [0.15, 0.2) is 0 Å². The number of aliphatic hydroxyl groups excluding tert-OH is 4. The SMILES string of the molecule is CC(O)COC(CO)CC1(CO)CCC(CO)CC1. The van der Waals surface area contributed by atoms with Crippen molar-refractivity contribution in [2.75, 3.05) is 26.4 Å². The molecule has 0 aromatic rings. The average Bonchev–Trinajstić information content (AvgIpc) is 2.44. The predicted octanol–water partition coefficient (Wildman–Crippen LogP) is 0.296. The van der Waals surface area contributed by atoms with E-state index in [1.807, 2.05) is 0 Å². The van der Waals surface area contributed by atoms with E-state index in [9.17, 15) is 15.3 Å². The van der Waals surface area contributed by atoms with Crippen molar-refractivity contribution in [1.82, 2.24) is 0 Å². The normalized spacial score (nSPS) is 31.1. The largest absolute Gasteiger partial charge is 0.396 e. The van der Waals surface area contributed by atoms with Gasteiger partial charge in [-0.1, -0.05) is 0 Å². The van der Waals surface area contributed by atoms with Gasteiger partial charge in [-0.15, -0.1) is 0 Å². The van der Waals surface area contributed by atoms with Crippen molar-refractivity contribution >= 4 is 0 Å². The number of aliphatic hydroxyl groups is 4. The summed E-state index contributed by atoms with van der Waals surface area (Å²) in [4.78, 5) is 0. The van der Waals surface area contributed by atoms with Gasteiger partial charge in [-0.05, 0) is 50.4 Å². The molecular formula is C14H28O5. The minimum Gasteiger partial charge on any atom is -0.396 e. The van der Waals surface area contributed by atoms with Crippen molar-refractivity contribution in [1.29, 1.82) is 0 Å². The molecule has 2 atom stereocenters. The Morgan fingerprint density at radius 2 is 1.84 bits per heavy atom. The molecule has 2 unspecified atom stereocenters. The summed E-state index contributed by atoms with van der Waals surface area (Å²) in [6, 6.07) is 0. The number of hydrogen-bond donors (Lipinski definition) is 4. The second-order valence-electron chi connectivity index (χ2n) is 5.98. The topological polar surface area (TPSA) is 90.2 Å². The van der Waals surface area contributed by atoms with Crippen LogP contribution in [0.3, 0.4) is 0 Å². The van der Waals surface area contributed by atoms with Gasteiger partial charge >= 0.3 is 0 Å². The van der Waals surface area contributed by atoms with Gasteiger partial charge in [0.1, 0.15) is 0 Å². The maximum absolute atomic E-state index is 9.67. The van der Waals surface area contributed by atoms with Gasteiger partial charge in [-0.2, -0.15) is 0 Å². The highest BCUT2D eigenvalue weighted by molar-refractivity contribution is 4.87. The highest BCUT2D eigenvalue weighted by atomic mass is 16.5. The Bertz CT molecular complexity index is 236. The lowest BCUT2D eigenvalue weighted by Gasteiger charge is -2.40.